The Morgan fingerprint density at radius 3 is 1.82 bits per heavy atom. The molecule has 4 aliphatic carbocycles. The second-order valence-corrected chi connectivity index (χ2v) is 19.0. The number of hydrogen-bond donors (Lipinski definition) is 0. The van der Waals surface area contributed by atoms with Crippen molar-refractivity contribution in [3.05, 3.63) is 127 Å². The van der Waals surface area contributed by atoms with Crippen LogP contribution in [0.2, 0.25) is 0 Å². The average Bonchev–Trinajstić information content (AvgIpc) is 3.67. The summed E-state index contributed by atoms with van der Waals surface area (Å²) < 4.78 is 4.00. The molecular weight excluding hydrogens is 607 g/mol. The van der Waals surface area contributed by atoms with E-state index in [0.29, 0.717) is 3.63 Å². The molecule has 202 valence electrons. The molecule has 0 saturated heterocycles. The maximum atomic E-state index is 2.63. The van der Waals surface area contributed by atoms with Gasteiger partial charge in [0.25, 0.3) is 0 Å². The van der Waals surface area contributed by atoms with Crippen LogP contribution >= 0.6 is 0 Å². The van der Waals surface area contributed by atoms with Crippen LogP contribution in [0.25, 0.3) is 23.3 Å². The van der Waals surface area contributed by atoms with Crippen LogP contribution in [0.1, 0.15) is 90.0 Å². The fraction of sp³-hybridized carbons (Fsp3) is 0.270. The van der Waals surface area contributed by atoms with E-state index in [4.69, 9.17) is 0 Å². The first-order valence-electron chi connectivity index (χ1n) is 14.2. The molecule has 3 heteroatoms. The monoisotopic (exact) mass is 640 g/mol. The third-order valence-electron chi connectivity index (χ3n) is 9.31. The number of halogens is 2. The molecule has 0 heterocycles. The summed E-state index contributed by atoms with van der Waals surface area (Å²) in [5, 5.41) is 0. The topological polar surface area (TPSA) is 0 Å². The van der Waals surface area contributed by atoms with Crippen molar-refractivity contribution in [1.29, 1.82) is 0 Å². The minimum atomic E-state index is -2.43. The maximum absolute atomic E-state index is 2.63. The fourth-order valence-corrected chi connectivity index (χ4v) is 16.3. The Hall–Kier alpha value is -2.05. The van der Waals surface area contributed by atoms with Gasteiger partial charge in [-0.25, -0.2) is 0 Å². The zero-order chi connectivity index (χ0) is 26.2. The third-order valence-corrected chi connectivity index (χ3v) is 18.0. The standard InChI is InChI=1S/C23H21.C9H10.C5H5.2ClH.Zr/c1-22(2)7-5-14-10-18-16(12-20(14)22)9-17-13-21-15(11-19(17)18)6-8-23(21,3)4;1-2-6-9-7-4-3-5-8-9;1-2-4-5-3-1;;;/h5-13H,1-4H3;3-5,7-8H,2H2,1H3;1-3H,4H2;2*1H;/q;;;;;+2/p-2. The molecule has 0 aromatic heterocycles. The summed E-state index contributed by atoms with van der Waals surface area (Å²) in [6, 6.07) is 21.7. The van der Waals surface area contributed by atoms with E-state index < -0.39 is 21.3 Å². The molecule has 0 bridgehead atoms. The summed E-state index contributed by atoms with van der Waals surface area (Å²) >= 11 is -2.43. The largest absolute Gasteiger partial charge is 1.00 e. The van der Waals surface area contributed by atoms with Gasteiger partial charge in [-0.3, -0.25) is 0 Å². The maximum Gasteiger partial charge on any atom is -1.00 e. The minimum absolute atomic E-state index is 0. The third kappa shape index (κ3) is 4.49. The van der Waals surface area contributed by atoms with E-state index in [0.717, 1.165) is 12.8 Å². The number of benzene rings is 3. The zero-order valence-corrected chi connectivity index (χ0v) is 28.0. The van der Waals surface area contributed by atoms with Crippen LogP contribution in [0.3, 0.4) is 0 Å². The molecule has 0 nitrogen and oxygen atoms in total. The number of hydrogen-bond acceptors (Lipinski definition) is 0. The Morgan fingerprint density at radius 1 is 0.800 bits per heavy atom. The van der Waals surface area contributed by atoms with Crippen molar-refractivity contribution in [3.63, 3.8) is 0 Å². The summed E-state index contributed by atoms with van der Waals surface area (Å²) in [5.74, 6) is 0. The number of rotatable bonds is 4. The predicted molar refractivity (Wildman–Crippen MR) is 161 cm³/mol. The summed E-state index contributed by atoms with van der Waals surface area (Å²) in [7, 11) is 0. The normalized spacial score (nSPS) is 18.3. The molecule has 4 aliphatic rings. The van der Waals surface area contributed by atoms with Crippen LogP contribution in [-0.4, -0.2) is 3.21 Å². The Balaban J connectivity index is 0.00000161. The molecule has 7 rings (SSSR count). The second-order valence-electron chi connectivity index (χ2n) is 12.5. The molecule has 0 amide bonds. The van der Waals surface area contributed by atoms with Crippen LogP contribution in [0.4, 0.5) is 0 Å². The van der Waals surface area contributed by atoms with Crippen molar-refractivity contribution >= 4 is 15.4 Å². The SMILES string of the molecule is CC/[C](c1ccccc1)=[Zr+2](/[C]1=CC=CC1)[CH]1c2cc3c(cc2-c2cc4c(cc21)C(C)(C)C=C4)C=CC3(C)C.[Cl-].[Cl-]. The Morgan fingerprint density at radius 2 is 1.35 bits per heavy atom. The second kappa shape index (κ2) is 10.7. The first kappa shape index (κ1) is 29.4. The van der Waals surface area contributed by atoms with Crippen LogP contribution in [0.15, 0.2) is 88.3 Å². The fourth-order valence-electron chi connectivity index (χ4n) is 7.25. The molecular formula is C37H36Cl2Zr. The Bertz CT molecular complexity index is 1580. The van der Waals surface area contributed by atoms with Crippen molar-refractivity contribution in [3.8, 4) is 11.1 Å². The molecule has 3 aromatic carbocycles. The first-order valence-corrected chi connectivity index (χ1v) is 18.1. The van der Waals surface area contributed by atoms with Gasteiger partial charge in [0, 0.05) is 0 Å². The van der Waals surface area contributed by atoms with Gasteiger partial charge in [0.2, 0.25) is 0 Å². The molecule has 3 aromatic rings. The van der Waals surface area contributed by atoms with Crippen LogP contribution in [0, 0.1) is 0 Å². The quantitative estimate of drug-likeness (QED) is 0.409. The summed E-state index contributed by atoms with van der Waals surface area (Å²) in [6.45, 7) is 11.9. The van der Waals surface area contributed by atoms with Crippen molar-refractivity contribution in [1.82, 2.24) is 0 Å². The molecule has 0 aliphatic heterocycles. The van der Waals surface area contributed by atoms with Gasteiger partial charge in [0.05, 0.1) is 0 Å². The predicted octanol–water partition coefficient (Wildman–Crippen LogP) is 3.47. The van der Waals surface area contributed by atoms with Crippen molar-refractivity contribution in [2.24, 2.45) is 0 Å². The Labute approximate surface area is 260 Å². The van der Waals surface area contributed by atoms with Crippen molar-refractivity contribution in [2.75, 3.05) is 0 Å². The van der Waals surface area contributed by atoms with Crippen molar-refractivity contribution < 1.29 is 46.1 Å². The van der Waals surface area contributed by atoms with Gasteiger partial charge in [-0.2, -0.15) is 0 Å². The zero-order valence-electron chi connectivity index (χ0n) is 24.0. The van der Waals surface area contributed by atoms with E-state index in [1.807, 2.05) is 0 Å². The van der Waals surface area contributed by atoms with Gasteiger partial charge in [-0.15, -0.1) is 0 Å². The summed E-state index contributed by atoms with van der Waals surface area (Å²) in [6.07, 6.45) is 19.0. The molecule has 0 N–H and O–H groups in total. The smallest absolute Gasteiger partial charge is 1.00 e. The van der Waals surface area contributed by atoms with Gasteiger partial charge >= 0.3 is 237 Å². The van der Waals surface area contributed by atoms with E-state index in [1.54, 1.807) is 17.6 Å². The van der Waals surface area contributed by atoms with Crippen LogP contribution < -0.4 is 24.8 Å². The minimum Gasteiger partial charge on any atom is -1.00 e. The van der Waals surface area contributed by atoms with E-state index in [1.165, 1.54) is 38.9 Å². The molecule has 0 fully saturated rings. The van der Waals surface area contributed by atoms with E-state index in [2.05, 4.69) is 132 Å². The molecule has 40 heavy (non-hydrogen) atoms. The average molecular weight is 643 g/mol. The van der Waals surface area contributed by atoms with Gasteiger partial charge in [-0.05, 0) is 0 Å². The number of fused-ring (bicyclic) bond motifs is 5. The van der Waals surface area contributed by atoms with Gasteiger partial charge in [-0.1, -0.05) is 0 Å². The summed E-state index contributed by atoms with van der Waals surface area (Å²) in [4.78, 5) is 0. The first-order chi connectivity index (χ1) is 18.3. The van der Waals surface area contributed by atoms with Crippen molar-refractivity contribution in [2.45, 2.75) is 61.9 Å². The van der Waals surface area contributed by atoms with E-state index >= 15 is 0 Å². The number of allylic oxidation sites excluding steroid dienone is 6. The molecule has 0 unspecified atom stereocenters. The molecule has 0 atom stereocenters. The van der Waals surface area contributed by atoms with Gasteiger partial charge in [0.15, 0.2) is 0 Å². The van der Waals surface area contributed by atoms with Crippen LogP contribution in [-0.2, 0) is 32.1 Å². The van der Waals surface area contributed by atoms with E-state index in [-0.39, 0.29) is 35.6 Å². The Kier molecular flexibility index (Phi) is 7.84. The summed E-state index contributed by atoms with van der Waals surface area (Å²) in [5.41, 5.74) is 13.6. The molecule has 0 spiro atoms. The molecule has 0 saturated carbocycles. The molecule has 0 radical (unpaired) electrons. The van der Waals surface area contributed by atoms with Gasteiger partial charge < -0.3 is 24.8 Å². The van der Waals surface area contributed by atoms with E-state index in [9.17, 15) is 0 Å². The van der Waals surface area contributed by atoms with Crippen LogP contribution in [0.5, 0.6) is 0 Å². The van der Waals surface area contributed by atoms with Gasteiger partial charge in [0.1, 0.15) is 0 Å².